The first-order valence-corrected chi connectivity index (χ1v) is 10.9. The number of alkyl halides is 4. The largest absolute Gasteiger partial charge is 0.369 e. The summed E-state index contributed by atoms with van der Waals surface area (Å²) in [7, 11) is 0. The van der Waals surface area contributed by atoms with Gasteiger partial charge in [0, 0.05) is 15.6 Å². The average Bonchev–Trinajstić information content (AvgIpc) is 2.81. The number of rotatable bonds is 4. The molecule has 2 unspecified atom stereocenters. The number of hydrogen-bond donors (Lipinski definition) is 2. The summed E-state index contributed by atoms with van der Waals surface area (Å²) in [6.07, 6.45) is -5.94. The van der Waals surface area contributed by atoms with Crippen LogP contribution in [0.2, 0.25) is 0 Å². The first-order chi connectivity index (χ1) is 16.5. The molecule has 2 aliphatic heterocycles. The number of hydrogen-bond acceptors (Lipinski definition) is 4. The summed E-state index contributed by atoms with van der Waals surface area (Å²) < 4.78 is 90.2. The Hall–Kier alpha value is -2.64. The van der Waals surface area contributed by atoms with E-state index in [1.165, 1.54) is 30.3 Å². The van der Waals surface area contributed by atoms with Crippen LogP contribution >= 0.6 is 15.9 Å². The molecule has 2 aromatic rings. The Balaban J connectivity index is 0.000000196. The minimum atomic E-state index is -2.98. The van der Waals surface area contributed by atoms with Gasteiger partial charge < -0.3 is 20.1 Å². The molecular weight excluding hydrogens is 550 g/mol. The predicted octanol–water partition coefficient (Wildman–Crippen LogP) is 3.63. The molecule has 2 aliphatic rings. The lowest BCUT2D eigenvalue weighted by Gasteiger charge is -2.37. The summed E-state index contributed by atoms with van der Waals surface area (Å²) in [5, 5.41) is 4.27. The number of carbonyl (C=O) groups is 2. The highest BCUT2D eigenvalue weighted by atomic mass is 79.9. The monoisotopic (exact) mass is 568 g/mol. The van der Waals surface area contributed by atoms with Crippen LogP contribution in [-0.2, 0) is 30.1 Å². The van der Waals surface area contributed by atoms with E-state index in [1.807, 2.05) is 0 Å². The van der Waals surface area contributed by atoms with Crippen LogP contribution in [-0.4, -0.2) is 51.1 Å². The van der Waals surface area contributed by atoms with E-state index in [1.54, 1.807) is 0 Å². The number of amides is 2. The molecule has 2 aromatic carbocycles. The van der Waals surface area contributed by atoms with E-state index in [4.69, 9.17) is 9.47 Å². The highest BCUT2D eigenvalue weighted by Crippen LogP contribution is 2.34. The van der Waals surface area contributed by atoms with Gasteiger partial charge in [-0.2, -0.15) is 0 Å². The fraction of sp³-hybridized carbons (Fsp3) is 0.364. The van der Waals surface area contributed by atoms with Crippen molar-refractivity contribution in [3.05, 3.63) is 69.7 Å². The summed E-state index contributed by atoms with van der Waals surface area (Å²) in [6.45, 7) is -1.51. The topological polar surface area (TPSA) is 76.7 Å². The highest BCUT2D eigenvalue weighted by molar-refractivity contribution is 9.10. The van der Waals surface area contributed by atoms with Gasteiger partial charge in [0.25, 0.3) is 12.9 Å². The predicted molar refractivity (Wildman–Crippen MR) is 114 cm³/mol. The molecule has 2 atom stereocenters. The normalized spacial score (nSPS) is 24.5. The Labute approximate surface area is 204 Å². The lowest BCUT2D eigenvalue weighted by molar-refractivity contribution is -0.144. The van der Waals surface area contributed by atoms with Crippen molar-refractivity contribution in [1.29, 1.82) is 0 Å². The molecule has 13 heteroatoms. The smallest absolute Gasteiger partial charge is 0.267 e. The molecule has 2 amide bonds. The average molecular weight is 569 g/mol. The van der Waals surface area contributed by atoms with E-state index in [9.17, 15) is 35.9 Å². The number of carbonyl (C=O) groups excluding carboxylic acids is 2. The molecule has 0 radical (unpaired) electrons. The van der Waals surface area contributed by atoms with Crippen molar-refractivity contribution >= 4 is 27.7 Å². The third kappa shape index (κ3) is 5.62. The quantitative estimate of drug-likeness (QED) is 0.552. The molecule has 6 nitrogen and oxygen atoms in total. The van der Waals surface area contributed by atoms with Crippen molar-refractivity contribution in [2.45, 2.75) is 23.9 Å². The number of morpholine rings is 2. The van der Waals surface area contributed by atoms with E-state index in [-0.39, 0.29) is 24.3 Å². The van der Waals surface area contributed by atoms with Crippen LogP contribution in [0, 0.1) is 11.6 Å². The van der Waals surface area contributed by atoms with Gasteiger partial charge >= 0.3 is 0 Å². The summed E-state index contributed by atoms with van der Waals surface area (Å²) in [5.41, 5.74) is -4.79. The van der Waals surface area contributed by atoms with Crippen LogP contribution < -0.4 is 10.6 Å². The van der Waals surface area contributed by atoms with Gasteiger partial charge in [0.15, 0.2) is 11.1 Å². The van der Waals surface area contributed by atoms with E-state index >= 15 is 0 Å². The van der Waals surface area contributed by atoms with Crippen LogP contribution in [0.3, 0.4) is 0 Å². The Morgan fingerprint density at radius 3 is 1.74 bits per heavy atom. The molecule has 0 aromatic heterocycles. The summed E-state index contributed by atoms with van der Waals surface area (Å²) in [5.74, 6) is -2.98. The van der Waals surface area contributed by atoms with Crippen molar-refractivity contribution in [2.75, 3.05) is 26.4 Å². The molecule has 4 rings (SSSR count). The van der Waals surface area contributed by atoms with Crippen molar-refractivity contribution in [1.82, 2.24) is 10.6 Å². The molecule has 0 bridgehead atoms. The Morgan fingerprint density at radius 1 is 0.771 bits per heavy atom. The molecule has 190 valence electrons. The maximum atomic E-state index is 13.7. The molecule has 35 heavy (non-hydrogen) atoms. The SMILES string of the molecule is O=C1COCC(c2cc(Br)ccc2F)(C(F)F)N1.O=C1COCC(c2ccccc2F)(C(F)F)N1. The zero-order chi connectivity index (χ0) is 25.8. The maximum Gasteiger partial charge on any atom is 0.267 e. The molecule has 2 fully saturated rings. The molecule has 2 heterocycles. The Bertz CT molecular complexity index is 1090. The molecule has 2 N–H and O–H groups in total. The van der Waals surface area contributed by atoms with Gasteiger partial charge in [-0.15, -0.1) is 0 Å². The maximum absolute atomic E-state index is 13.7. The van der Waals surface area contributed by atoms with Crippen molar-refractivity contribution < 1.29 is 45.4 Å². The summed E-state index contributed by atoms with van der Waals surface area (Å²) in [4.78, 5) is 22.4. The second kappa shape index (κ2) is 11.0. The van der Waals surface area contributed by atoms with Crippen LogP contribution in [0.1, 0.15) is 11.1 Å². The highest BCUT2D eigenvalue weighted by Gasteiger charge is 2.48. The third-order valence-electron chi connectivity index (χ3n) is 5.36. The number of ether oxygens (including phenoxy) is 2. The molecule has 0 spiro atoms. The number of benzene rings is 2. The first-order valence-electron chi connectivity index (χ1n) is 10.1. The van der Waals surface area contributed by atoms with Crippen LogP contribution in [0.15, 0.2) is 46.9 Å². The fourth-order valence-corrected chi connectivity index (χ4v) is 4.04. The minimum absolute atomic E-state index is 0.261. The standard InChI is InChI=1S/C11H9BrF3NO2.C11H10F3NO2/c12-6-1-2-8(13)7(3-6)11(10(14)15)5-18-4-9(17)16-11;12-8-4-2-1-3-7(8)11(10(13)14)6-17-5-9(16)15-11/h1-3,10H,4-5H2,(H,16,17);1-4,10H,5-6H2,(H,15,16). The fourth-order valence-electron chi connectivity index (χ4n) is 3.67. The van der Waals surface area contributed by atoms with Gasteiger partial charge in [-0.3, -0.25) is 9.59 Å². The molecule has 2 saturated heterocycles. The van der Waals surface area contributed by atoms with Gasteiger partial charge in [-0.25, -0.2) is 26.3 Å². The third-order valence-corrected chi connectivity index (χ3v) is 5.85. The van der Waals surface area contributed by atoms with Gasteiger partial charge in [0.05, 0.1) is 13.2 Å². The Kier molecular flexibility index (Phi) is 8.44. The second-order valence-electron chi connectivity index (χ2n) is 7.73. The lowest BCUT2D eigenvalue weighted by Crippen LogP contribution is -2.59. The van der Waals surface area contributed by atoms with Gasteiger partial charge in [0.2, 0.25) is 11.8 Å². The lowest BCUT2D eigenvalue weighted by atomic mass is 9.89. The van der Waals surface area contributed by atoms with Crippen molar-refractivity contribution in [3.8, 4) is 0 Å². The van der Waals surface area contributed by atoms with Crippen molar-refractivity contribution in [3.63, 3.8) is 0 Å². The first kappa shape index (κ1) is 27.0. The van der Waals surface area contributed by atoms with Gasteiger partial charge in [-0.1, -0.05) is 34.1 Å². The van der Waals surface area contributed by atoms with E-state index < -0.39 is 60.6 Å². The summed E-state index contributed by atoms with van der Waals surface area (Å²) >= 11 is 3.09. The van der Waals surface area contributed by atoms with Gasteiger partial charge in [-0.05, 0) is 24.3 Å². The van der Waals surface area contributed by atoms with E-state index in [2.05, 4.69) is 26.6 Å². The van der Waals surface area contributed by atoms with Gasteiger partial charge in [0.1, 0.15) is 24.8 Å². The summed E-state index contributed by atoms with van der Waals surface area (Å²) in [6, 6.07) is 8.79. The van der Waals surface area contributed by atoms with Crippen LogP contribution in [0.25, 0.3) is 0 Å². The number of nitrogens with one attached hydrogen (secondary N) is 2. The molecule has 0 saturated carbocycles. The molecular formula is C22H19BrF6N2O4. The minimum Gasteiger partial charge on any atom is -0.369 e. The van der Waals surface area contributed by atoms with Crippen LogP contribution in [0.5, 0.6) is 0 Å². The van der Waals surface area contributed by atoms with Crippen molar-refractivity contribution in [2.24, 2.45) is 0 Å². The number of halogens is 7. The zero-order valence-electron chi connectivity index (χ0n) is 17.8. The zero-order valence-corrected chi connectivity index (χ0v) is 19.4. The van der Waals surface area contributed by atoms with E-state index in [0.29, 0.717) is 4.47 Å². The van der Waals surface area contributed by atoms with Crippen LogP contribution in [0.4, 0.5) is 26.3 Å². The Morgan fingerprint density at radius 2 is 1.26 bits per heavy atom. The second-order valence-corrected chi connectivity index (χ2v) is 8.65. The molecule has 0 aliphatic carbocycles. The van der Waals surface area contributed by atoms with E-state index in [0.717, 1.165) is 12.1 Å².